The minimum Gasteiger partial charge on any atom is -0.299 e. The van der Waals surface area contributed by atoms with Gasteiger partial charge in [0.15, 0.2) is 0 Å². The zero-order chi connectivity index (χ0) is 14.7. The lowest BCUT2D eigenvalue weighted by Crippen LogP contribution is -2.37. The van der Waals surface area contributed by atoms with Crippen molar-refractivity contribution < 1.29 is 8.78 Å². The molecule has 1 saturated carbocycles. The van der Waals surface area contributed by atoms with E-state index in [1.807, 2.05) is 13.0 Å². The van der Waals surface area contributed by atoms with Gasteiger partial charge < -0.3 is 0 Å². The van der Waals surface area contributed by atoms with Gasteiger partial charge in [-0.3, -0.25) is 9.36 Å². The molecule has 1 aliphatic carbocycles. The van der Waals surface area contributed by atoms with Crippen LogP contribution in [0.5, 0.6) is 0 Å². The van der Waals surface area contributed by atoms with Crippen molar-refractivity contribution in [3.63, 3.8) is 0 Å². The Balaban J connectivity index is 2.21. The number of nitrogens with zero attached hydrogens (tertiary/aromatic N) is 2. The third-order valence-electron chi connectivity index (χ3n) is 3.77. The van der Waals surface area contributed by atoms with E-state index in [1.54, 1.807) is 13.1 Å². The molecular formula is C14H13BrF2N2O. The monoisotopic (exact) mass is 342 g/mol. The molecule has 0 amide bonds. The van der Waals surface area contributed by atoms with Crippen LogP contribution < -0.4 is 5.56 Å². The molecule has 1 fully saturated rings. The summed E-state index contributed by atoms with van der Waals surface area (Å²) >= 11 is 3.39. The van der Waals surface area contributed by atoms with Gasteiger partial charge in [-0.05, 0) is 40.5 Å². The van der Waals surface area contributed by atoms with Crippen LogP contribution in [0.2, 0.25) is 0 Å². The Kier molecular flexibility index (Phi) is 2.97. The van der Waals surface area contributed by atoms with E-state index in [2.05, 4.69) is 20.9 Å². The van der Waals surface area contributed by atoms with E-state index in [0.29, 0.717) is 16.7 Å². The summed E-state index contributed by atoms with van der Waals surface area (Å²) in [6.07, 6.45) is -0.468. The Labute approximate surface area is 122 Å². The molecule has 0 radical (unpaired) electrons. The summed E-state index contributed by atoms with van der Waals surface area (Å²) < 4.78 is 28.2. The van der Waals surface area contributed by atoms with Crippen molar-refractivity contribution in [2.24, 2.45) is 7.05 Å². The summed E-state index contributed by atoms with van der Waals surface area (Å²) in [5, 5.41) is 0.509. The highest BCUT2D eigenvalue weighted by atomic mass is 79.9. The summed E-state index contributed by atoms with van der Waals surface area (Å²) in [6.45, 7) is 1.89. The molecule has 1 aliphatic rings. The van der Waals surface area contributed by atoms with Crippen LogP contribution >= 0.6 is 15.9 Å². The molecule has 0 atom stereocenters. The first kappa shape index (κ1) is 13.7. The van der Waals surface area contributed by atoms with E-state index < -0.39 is 5.92 Å². The second-order valence-electron chi connectivity index (χ2n) is 5.44. The van der Waals surface area contributed by atoms with Crippen LogP contribution in [0.1, 0.15) is 30.1 Å². The molecule has 0 saturated heterocycles. The van der Waals surface area contributed by atoms with Gasteiger partial charge in [-0.25, -0.2) is 13.8 Å². The Bertz CT molecular complexity index is 762. The Morgan fingerprint density at radius 3 is 2.65 bits per heavy atom. The number of benzene rings is 1. The Morgan fingerprint density at radius 2 is 2.05 bits per heavy atom. The van der Waals surface area contributed by atoms with Crippen LogP contribution in [0.4, 0.5) is 8.78 Å². The van der Waals surface area contributed by atoms with Crippen LogP contribution in [0.15, 0.2) is 21.4 Å². The van der Waals surface area contributed by atoms with Crippen molar-refractivity contribution in [2.45, 2.75) is 31.6 Å². The predicted molar refractivity (Wildman–Crippen MR) is 76.3 cm³/mol. The number of hydrogen-bond acceptors (Lipinski definition) is 2. The molecule has 0 unspecified atom stereocenters. The van der Waals surface area contributed by atoms with Crippen LogP contribution in [0, 0.1) is 6.92 Å². The Morgan fingerprint density at radius 1 is 1.40 bits per heavy atom. The zero-order valence-corrected chi connectivity index (χ0v) is 12.7. The molecule has 3 rings (SSSR count). The molecule has 0 bridgehead atoms. The average molecular weight is 343 g/mol. The molecule has 3 nitrogen and oxygen atoms in total. The molecular weight excluding hydrogens is 330 g/mol. The predicted octanol–water partition coefficient (Wildman–Crippen LogP) is 3.52. The number of rotatable bonds is 1. The second-order valence-corrected chi connectivity index (χ2v) is 6.29. The summed E-state index contributed by atoms with van der Waals surface area (Å²) in [5.41, 5.74) is 1.31. The number of alkyl halides is 2. The van der Waals surface area contributed by atoms with Crippen LogP contribution in [-0.4, -0.2) is 15.5 Å². The molecule has 2 aromatic rings. The normalized spacial score (nSPS) is 18.2. The number of aryl methyl sites for hydroxylation is 1. The number of fused-ring (bicyclic) bond motifs is 1. The maximum Gasteiger partial charge on any atom is 0.261 e. The fourth-order valence-electron chi connectivity index (χ4n) is 2.69. The van der Waals surface area contributed by atoms with Gasteiger partial charge in [0.25, 0.3) is 5.56 Å². The quantitative estimate of drug-likeness (QED) is 0.794. The largest absolute Gasteiger partial charge is 0.299 e. The van der Waals surface area contributed by atoms with Crippen molar-refractivity contribution in [3.8, 4) is 0 Å². The van der Waals surface area contributed by atoms with Gasteiger partial charge in [-0.15, -0.1) is 0 Å². The van der Waals surface area contributed by atoms with E-state index in [9.17, 15) is 13.6 Å². The van der Waals surface area contributed by atoms with Crippen LogP contribution in [-0.2, 0) is 7.05 Å². The topological polar surface area (TPSA) is 34.9 Å². The molecule has 0 N–H and O–H groups in total. The summed E-state index contributed by atoms with van der Waals surface area (Å²) in [7, 11) is 1.59. The van der Waals surface area contributed by atoms with Gasteiger partial charge >= 0.3 is 0 Å². The minimum absolute atomic E-state index is 0.190. The lowest BCUT2D eigenvalue weighted by atomic mass is 9.80. The van der Waals surface area contributed by atoms with Gasteiger partial charge in [0.1, 0.15) is 5.82 Å². The highest BCUT2D eigenvalue weighted by molar-refractivity contribution is 9.10. The summed E-state index contributed by atoms with van der Waals surface area (Å²) in [4.78, 5) is 16.8. The maximum atomic E-state index is 13.0. The third-order valence-corrected chi connectivity index (χ3v) is 4.37. The van der Waals surface area contributed by atoms with Crippen molar-refractivity contribution in [2.75, 3.05) is 0 Å². The smallest absolute Gasteiger partial charge is 0.261 e. The first-order chi connectivity index (χ1) is 9.28. The third kappa shape index (κ3) is 2.06. The SMILES string of the molecule is Cc1cc(Br)c2nc(C3CC(F)(F)C3)n(C)c(=O)c2c1. The second kappa shape index (κ2) is 4.35. The maximum absolute atomic E-state index is 13.0. The summed E-state index contributed by atoms with van der Waals surface area (Å²) in [6, 6.07) is 3.64. The fourth-order valence-corrected chi connectivity index (χ4v) is 3.36. The first-order valence-corrected chi connectivity index (χ1v) is 7.12. The standard InChI is InChI=1S/C14H13BrF2N2O/c1-7-3-9-11(10(15)4-7)18-12(19(2)13(9)20)8-5-14(16,17)6-8/h3-4,8H,5-6H2,1-2H3. The Hall–Kier alpha value is -1.30. The van der Waals surface area contributed by atoms with Crippen molar-refractivity contribution in [1.29, 1.82) is 0 Å². The van der Waals surface area contributed by atoms with Crippen LogP contribution in [0.3, 0.4) is 0 Å². The van der Waals surface area contributed by atoms with Gasteiger partial charge in [0, 0.05) is 30.3 Å². The molecule has 1 heterocycles. The lowest BCUT2D eigenvalue weighted by molar-refractivity contribution is -0.0891. The van der Waals surface area contributed by atoms with Gasteiger partial charge in [-0.2, -0.15) is 0 Å². The van der Waals surface area contributed by atoms with E-state index in [4.69, 9.17) is 0 Å². The van der Waals surface area contributed by atoms with Crippen molar-refractivity contribution in [1.82, 2.24) is 9.55 Å². The average Bonchev–Trinajstić information content (AvgIpc) is 2.31. The van der Waals surface area contributed by atoms with Gasteiger partial charge in [0.2, 0.25) is 5.92 Å². The molecule has 6 heteroatoms. The zero-order valence-electron chi connectivity index (χ0n) is 11.1. The number of aromatic nitrogens is 2. The first-order valence-electron chi connectivity index (χ1n) is 6.33. The number of halogens is 3. The van der Waals surface area contributed by atoms with E-state index >= 15 is 0 Å². The fraction of sp³-hybridized carbons (Fsp3) is 0.429. The molecule has 1 aromatic carbocycles. The molecule has 20 heavy (non-hydrogen) atoms. The molecule has 0 spiro atoms. The summed E-state index contributed by atoms with van der Waals surface area (Å²) in [5.74, 6) is -2.53. The van der Waals surface area contributed by atoms with E-state index in [1.165, 1.54) is 4.57 Å². The molecule has 106 valence electrons. The lowest BCUT2D eigenvalue weighted by Gasteiger charge is -2.35. The molecule has 0 aliphatic heterocycles. The number of hydrogen-bond donors (Lipinski definition) is 0. The highest BCUT2D eigenvalue weighted by Gasteiger charge is 2.47. The van der Waals surface area contributed by atoms with E-state index in [0.717, 1.165) is 10.0 Å². The molecule has 1 aromatic heterocycles. The minimum atomic E-state index is -2.62. The van der Waals surface area contributed by atoms with Crippen molar-refractivity contribution in [3.05, 3.63) is 38.3 Å². The van der Waals surface area contributed by atoms with Gasteiger partial charge in [-0.1, -0.05) is 0 Å². The van der Waals surface area contributed by atoms with Crippen LogP contribution in [0.25, 0.3) is 10.9 Å². The van der Waals surface area contributed by atoms with E-state index in [-0.39, 0.29) is 24.3 Å². The van der Waals surface area contributed by atoms with Crippen molar-refractivity contribution >= 4 is 26.8 Å². The van der Waals surface area contributed by atoms with Gasteiger partial charge in [0.05, 0.1) is 10.9 Å². The highest BCUT2D eigenvalue weighted by Crippen LogP contribution is 2.47.